The molecule has 2 aromatic rings. The summed E-state index contributed by atoms with van der Waals surface area (Å²) in [7, 11) is 0. The van der Waals surface area contributed by atoms with Crippen LogP contribution in [0.3, 0.4) is 0 Å². The molecular formula is C19H28O3. The molecule has 0 saturated heterocycles. The molecule has 0 spiro atoms. The van der Waals surface area contributed by atoms with Gasteiger partial charge in [0.2, 0.25) is 0 Å². The summed E-state index contributed by atoms with van der Waals surface area (Å²) in [6, 6.07) is 14.8. The maximum Gasteiger partial charge on any atom is 0.0718 e. The molecule has 22 heavy (non-hydrogen) atoms. The van der Waals surface area contributed by atoms with E-state index in [0.717, 1.165) is 6.61 Å². The Balaban J connectivity index is 0.00000116. The molecule has 0 fully saturated rings. The number of ether oxygens (including phenoxy) is 3. The van der Waals surface area contributed by atoms with Crippen molar-refractivity contribution in [2.24, 2.45) is 0 Å². The van der Waals surface area contributed by atoms with Crippen LogP contribution in [0.2, 0.25) is 0 Å². The molecule has 0 saturated carbocycles. The molecule has 0 aliphatic carbocycles. The van der Waals surface area contributed by atoms with Gasteiger partial charge >= 0.3 is 0 Å². The van der Waals surface area contributed by atoms with Gasteiger partial charge in [0.05, 0.1) is 33.0 Å². The van der Waals surface area contributed by atoms with E-state index in [1.54, 1.807) is 0 Å². The Morgan fingerprint density at radius 1 is 0.727 bits per heavy atom. The molecule has 0 aliphatic rings. The Bertz CT molecular complexity index is 511. The molecule has 0 heterocycles. The first-order valence-corrected chi connectivity index (χ1v) is 8.11. The van der Waals surface area contributed by atoms with Crippen molar-refractivity contribution >= 4 is 10.8 Å². The van der Waals surface area contributed by atoms with Gasteiger partial charge in [0.15, 0.2) is 0 Å². The van der Waals surface area contributed by atoms with Gasteiger partial charge in [-0.2, -0.15) is 0 Å². The van der Waals surface area contributed by atoms with Crippen LogP contribution in [0, 0.1) is 0 Å². The van der Waals surface area contributed by atoms with Crippen LogP contribution < -0.4 is 0 Å². The lowest BCUT2D eigenvalue weighted by molar-refractivity contribution is 0.0128. The molecule has 3 heteroatoms. The van der Waals surface area contributed by atoms with Crippen LogP contribution in [-0.2, 0) is 20.8 Å². The highest BCUT2D eigenvalue weighted by Crippen LogP contribution is 2.16. The van der Waals surface area contributed by atoms with Crippen LogP contribution in [0.5, 0.6) is 0 Å². The topological polar surface area (TPSA) is 27.7 Å². The van der Waals surface area contributed by atoms with Crippen molar-refractivity contribution < 1.29 is 14.2 Å². The summed E-state index contributed by atoms with van der Waals surface area (Å²) in [4.78, 5) is 0. The van der Waals surface area contributed by atoms with Crippen LogP contribution in [0.4, 0.5) is 0 Å². The van der Waals surface area contributed by atoms with Crippen molar-refractivity contribution in [1.29, 1.82) is 0 Å². The van der Waals surface area contributed by atoms with Gasteiger partial charge in [-0.15, -0.1) is 0 Å². The summed E-state index contributed by atoms with van der Waals surface area (Å²) in [5, 5.41) is 2.51. The van der Waals surface area contributed by atoms with Crippen molar-refractivity contribution in [3.63, 3.8) is 0 Å². The molecule has 0 aliphatic heterocycles. The SMILES string of the molecule is CC.CCOCCOCCOCc1ccc2ccccc2c1. The molecule has 122 valence electrons. The van der Waals surface area contributed by atoms with E-state index in [2.05, 4.69) is 42.5 Å². The molecule has 0 atom stereocenters. The van der Waals surface area contributed by atoms with Gasteiger partial charge in [-0.1, -0.05) is 50.2 Å². The average Bonchev–Trinajstić information content (AvgIpc) is 2.59. The quantitative estimate of drug-likeness (QED) is 0.641. The van der Waals surface area contributed by atoms with Crippen LogP contribution in [-0.4, -0.2) is 33.0 Å². The Morgan fingerprint density at radius 2 is 1.36 bits per heavy atom. The highest BCUT2D eigenvalue weighted by Gasteiger charge is 1.97. The zero-order valence-corrected chi connectivity index (χ0v) is 14.0. The largest absolute Gasteiger partial charge is 0.379 e. The monoisotopic (exact) mass is 304 g/mol. The normalized spacial score (nSPS) is 10.3. The minimum absolute atomic E-state index is 0.610. The Kier molecular flexibility index (Phi) is 10.3. The summed E-state index contributed by atoms with van der Waals surface area (Å²) in [5.74, 6) is 0. The molecule has 3 nitrogen and oxygen atoms in total. The van der Waals surface area contributed by atoms with Crippen molar-refractivity contribution in [2.45, 2.75) is 27.4 Å². The van der Waals surface area contributed by atoms with Gasteiger partial charge in [-0.25, -0.2) is 0 Å². The van der Waals surface area contributed by atoms with Crippen molar-refractivity contribution in [3.05, 3.63) is 48.0 Å². The fourth-order valence-electron chi connectivity index (χ4n) is 2.00. The summed E-state index contributed by atoms with van der Waals surface area (Å²) >= 11 is 0. The standard InChI is InChI=1S/C17H22O3.C2H6/c1-2-18-9-10-19-11-12-20-14-15-7-8-16-5-3-4-6-17(16)13-15;1-2/h3-8,13H,2,9-12,14H2,1H3;1-2H3. The molecule has 0 unspecified atom stereocenters. The molecule has 0 N–H and O–H groups in total. The molecule has 0 bridgehead atoms. The van der Waals surface area contributed by atoms with Crippen molar-refractivity contribution in [3.8, 4) is 0 Å². The second-order valence-corrected chi connectivity index (χ2v) is 4.54. The molecule has 0 amide bonds. The minimum Gasteiger partial charge on any atom is -0.379 e. The predicted molar refractivity (Wildman–Crippen MR) is 92.3 cm³/mol. The predicted octanol–water partition coefficient (Wildman–Crippen LogP) is 4.44. The van der Waals surface area contributed by atoms with Gasteiger partial charge in [0.1, 0.15) is 0 Å². The third-order valence-corrected chi connectivity index (χ3v) is 3.03. The third kappa shape index (κ3) is 7.03. The van der Waals surface area contributed by atoms with E-state index in [4.69, 9.17) is 14.2 Å². The van der Waals surface area contributed by atoms with Crippen molar-refractivity contribution in [1.82, 2.24) is 0 Å². The molecule has 2 aromatic carbocycles. The maximum atomic E-state index is 5.61. The number of fused-ring (bicyclic) bond motifs is 1. The smallest absolute Gasteiger partial charge is 0.0718 e. The average molecular weight is 304 g/mol. The summed E-state index contributed by atoms with van der Waals surface area (Å²) in [6.45, 7) is 9.85. The van der Waals surface area contributed by atoms with Crippen LogP contribution in [0.1, 0.15) is 26.3 Å². The number of hydrogen-bond donors (Lipinski definition) is 0. The van der Waals surface area contributed by atoms with Gasteiger partial charge in [0, 0.05) is 6.61 Å². The van der Waals surface area contributed by atoms with E-state index in [0.29, 0.717) is 33.0 Å². The van der Waals surface area contributed by atoms with E-state index < -0.39 is 0 Å². The highest BCUT2D eigenvalue weighted by atomic mass is 16.5. The third-order valence-electron chi connectivity index (χ3n) is 3.03. The van der Waals surface area contributed by atoms with E-state index in [1.165, 1.54) is 16.3 Å². The van der Waals surface area contributed by atoms with E-state index in [-0.39, 0.29) is 0 Å². The number of rotatable bonds is 9. The zero-order valence-electron chi connectivity index (χ0n) is 14.0. The van der Waals surface area contributed by atoms with Gasteiger partial charge < -0.3 is 14.2 Å². The first kappa shape index (κ1) is 18.6. The van der Waals surface area contributed by atoms with Crippen LogP contribution in [0.25, 0.3) is 10.8 Å². The van der Waals surface area contributed by atoms with E-state index >= 15 is 0 Å². The fraction of sp³-hybridized carbons (Fsp3) is 0.474. The van der Waals surface area contributed by atoms with Gasteiger partial charge in [0.25, 0.3) is 0 Å². The van der Waals surface area contributed by atoms with Crippen LogP contribution in [0.15, 0.2) is 42.5 Å². The molecule has 0 radical (unpaired) electrons. The lowest BCUT2D eigenvalue weighted by atomic mass is 10.1. The Morgan fingerprint density at radius 3 is 2.09 bits per heavy atom. The van der Waals surface area contributed by atoms with E-state index in [9.17, 15) is 0 Å². The minimum atomic E-state index is 0.610. The summed E-state index contributed by atoms with van der Waals surface area (Å²) in [6.07, 6.45) is 0. The molecule has 2 rings (SSSR count). The maximum absolute atomic E-state index is 5.61. The first-order chi connectivity index (χ1) is 10.9. The van der Waals surface area contributed by atoms with Gasteiger partial charge in [-0.05, 0) is 29.3 Å². The highest BCUT2D eigenvalue weighted by molar-refractivity contribution is 5.82. The number of hydrogen-bond acceptors (Lipinski definition) is 3. The Labute approximate surface area is 134 Å². The van der Waals surface area contributed by atoms with Crippen LogP contribution >= 0.6 is 0 Å². The lowest BCUT2D eigenvalue weighted by Gasteiger charge is -2.07. The Hall–Kier alpha value is -1.42. The fourth-order valence-corrected chi connectivity index (χ4v) is 2.00. The zero-order chi connectivity index (χ0) is 16.0. The summed E-state index contributed by atoms with van der Waals surface area (Å²) < 4.78 is 16.2. The number of benzene rings is 2. The second kappa shape index (κ2) is 12.2. The molecular weight excluding hydrogens is 276 g/mol. The van der Waals surface area contributed by atoms with Gasteiger partial charge in [-0.3, -0.25) is 0 Å². The second-order valence-electron chi connectivity index (χ2n) is 4.54. The van der Waals surface area contributed by atoms with E-state index in [1.807, 2.05) is 20.8 Å². The summed E-state index contributed by atoms with van der Waals surface area (Å²) in [5.41, 5.74) is 1.19. The lowest BCUT2D eigenvalue weighted by Crippen LogP contribution is -2.09. The molecule has 0 aromatic heterocycles. The first-order valence-electron chi connectivity index (χ1n) is 8.11. The van der Waals surface area contributed by atoms with Crippen molar-refractivity contribution in [2.75, 3.05) is 33.0 Å².